The van der Waals surface area contributed by atoms with E-state index in [1.165, 1.54) is 5.69 Å². The van der Waals surface area contributed by atoms with Crippen LogP contribution in [0.1, 0.15) is 30.6 Å². The Balaban J connectivity index is 0.00000210. The Morgan fingerprint density at radius 1 is 1.00 bits per heavy atom. The second-order valence-corrected chi connectivity index (χ2v) is 7.86. The van der Waals surface area contributed by atoms with E-state index in [-0.39, 0.29) is 30.7 Å². The minimum absolute atomic E-state index is 0. The number of carbonyl (C=O) groups is 1. The molecule has 1 aromatic carbocycles. The molecule has 0 bridgehead atoms. The van der Waals surface area contributed by atoms with Crippen molar-refractivity contribution in [2.75, 3.05) is 70.3 Å². The largest absolute Gasteiger partial charge is 0.369 e. The highest BCUT2D eigenvalue weighted by Gasteiger charge is 2.19. The van der Waals surface area contributed by atoms with Crippen LogP contribution < -0.4 is 15.5 Å². The van der Waals surface area contributed by atoms with Gasteiger partial charge in [0.2, 0.25) is 0 Å². The van der Waals surface area contributed by atoms with Gasteiger partial charge >= 0.3 is 0 Å². The number of anilines is 1. The van der Waals surface area contributed by atoms with Crippen LogP contribution >= 0.6 is 24.8 Å². The first-order valence-corrected chi connectivity index (χ1v) is 10.4. The van der Waals surface area contributed by atoms with Crippen LogP contribution in [-0.2, 0) is 0 Å². The average molecular weight is 446 g/mol. The van der Waals surface area contributed by atoms with Crippen LogP contribution in [0.3, 0.4) is 0 Å². The molecule has 2 aliphatic heterocycles. The molecule has 2 aliphatic rings. The SMILES string of the molecule is CC(C)N1CCN(c2ccc(C(=O)NCCCN3CCNCC3)cc2)CC1.Cl.Cl. The first kappa shape index (κ1) is 26.0. The van der Waals surface area contributed by atoms with E-state index in [2.05, 4.69) is 51.3 Å². The Kier molecular flexibility index (Phi) is 11.9. The number of halogens is 2. The van der Waals surface area contributed by atoms with E-state index < -0.39 is 0 Å². The Morgan fingerprint density at radius 3 is 2.21 bits per heavy atom. The molecule has 29 heavy (non-hydrogen) atoms. The lowest BCUT2D eigenvalue weighted by molar-refractivity contribution is 0.0951. The van der Waals surface area contributed by atoms with Crippen molar-refractivity contribution in [2.24, 2.45) is 0 Å². The van der Waals surface area contributed by atoms with E-state index in [1.54, 1.807) is 0 Å². The predicted octanol–water partition coefficient (Wildman–Crippen LogP) is 2.09. The smallest absolute Gasteiger partial charge is 0.251 e. The molecule has 2 saturated heterocycles. The number of hydrogen-bond donors (Lipinski definition) is 2. The van der Waals surface area contributed by atoms with Crippen molar-refractivity contribution >= 4 is 36.4 Å². The highest BCUT2D eigenvalue weighted by atomic mass is 35.5. The second kappa shape index (κ2) is 13.3. The molecule has 2 N–H and O–H groups in total. The number of hydrogen-bond acceptors (Lipinski definition) is 5. The standard InChI is InChI=1S/C21H35N5O.2ClH/c1-18(2)25-14-16-26(17-15-25)20-6-4-19(5-7-20)21(27)23-8-3-11-24-12-9-22-10-13-24;;/h4-7,18,22H,3,8-17H2,1-2H3,(H,23,27);2*1H. The summed E-state index contributed by atoms with van der Waals surface area (Å²) in [5, 5.41) is 6.42. The molecule has 3 rings (SSSR count). The number of rotatable bonds is 7. The molecular weight excluding hydrogens is 409 g/mol. The molecule has 0 spiro atoms. The summed E-state index contributed by atoms with van der Waals surface area (Å²) < 4.78 is 0. The third-order valence-electron chi connectivity index (χ3n) is 5.69. The number of benzene rings is 1. The van der Waals surface area contributed by atoms with Gasteiger partial charge in [0.05, 0.1) is 0 Å². The van der Waals surface area contributed by atoms with Crippen LogP contribution in [0.15, 0.2) is 24.3 Å². The van der Waals surface area contributed by atoms with Crippen molar-refractivity contribution in [3.8, 4) is 0 Å². The highest BCUT2D eigenvalue weighted by Crippen LogP contribution is 2.18. The Morgan fingerprint density at radius 2 is 1.62 bits per heavy atom. The van der Waals surface area contributed by atoms with Crippen LogP contribution in [0.25, 0.3) is 0 Å². The molecule has 0 atom stereocenters. The fraction of sp³-hybridized carbons (Fsp3) is 0.667. The molecule has 0 aromatic heterocycles. The van der Waals surface area contributed by atoms with E-state index >= 15 is 0 Å². The molecule has 1 amide bonds. The van der Waals surface area contributed by atoms with E-state index in [0.717, 1.165) is 77.4 Å². The van der Waals surface area contributed by atoms with Crippen LogP contribution in [-0.4, -0.2) is 87.2 Å². The second-order valence-electron chi connectivity index (χ2n) is 7.86. The number of nitrogens with zero attached hydrogens (tertiary/aromatic N) is 3. The summed E-state index contributed by atoms with van der Waals surface area (Å²) in [6.45, 7) is 15.0. The predicted molar refractivity (Wildman–Crippen MR) is 126 cm³/mol. The van der Waals surface area contributed by atoms with E-state index in [4.69, 9.17) is 0 Å². The third-order valence-corrected chi connectivity index (χ3v) is 5.69. The molecule has 0 radical (unpaired) electrons. The van der Waals surface area contributed by atoms with Gasteiger partial charge in [0.1, 0.15) is 0 Å². The Labute approximate surface area is 188 Å². The quantitative estimate of drug-likeness (QED) is 0.629. The lowest BCUT2D eigenvalue weighted by Gasteiger charge is -2.38. The van der Waals surface area contributed by atoms with Crippen LogP contribution in [0.5, 0.6) is 0 Å². The van der Waals surface area contributed by atoms with E-state index in [9.17, 15) is 4.79 Å². The summed E-state index contributed by atoms with van der Waals surface area (Å²) in [4.78, 5) is 19.7. The zero-order chi connectivity index (χ0) is 19.1. The Bertz CT molecular complexity index is 585. The van der Waals surface area contributed by atoms with Crippen molar-refractivity contribution in [2.45, 2.75) is 26.3 Å². The molecular formula is C21H37Cl2N5O. The fourth-order valence-electron chi connectivity index (χ4n) is 3.86. The topological polar surface area (TPSA) is 50.9 Å². The zero-order valence-electron chi connectivity index (χ0n) is 17.7. The summed E-state index contributed by atoms with van der Waals surface area (Å²) in [5.41, 5.74) is 1.97. The maximum atomic E-state index is 12.3. The molecule has 0 aliphatic carbocycles. The molecule has 6 nitrogen and oxygen atoms in total. The Hall–Kier alpha value is -1.05. The van der Waals surface area contributed by atoms with Crippen molar-refractivity contribution in [1.29, 1.82) is 0 Å². The van der Waals surface area contributed by atoms with E-state index in [1.807, 2.05) is 12.1 Å². The molecule has 0 saturated carbocycles. The number of nitrogens with one attached hydrogen (secondary N) is 2. The van der Waals surface area contributed by atoms with Crippen LogP contribution in [0.4, 0.5) is 5.69 Å². The van der Waals surface area contributed by atoms with Gasteiger partial charge in [0.25, 0.3) is 5.91 Å². The normalized spacial score (nSPS) is 18.1. The maximum absolute atomic E-state index is 12.3. The van der Waals surface area contributed by atoms with E-state index in [0.29, 0.717) is 6.04 Å². The van der Waals surface area contributed by atoms with Crippen LogP contribution in [0.2, 0.25) is 0 Å². The number of amides is 1. The van der Waals surface area contributed by atoms with Gasteiger partial charge in [-0.05, 0) is 51.1 Å². The third kappa shape index (κ3) is 7.95. The maximum Gasteiger partial charge on any atom is 0.251 e. The molecule has 2 heterocycles. The first-order valence-electron chi connectivity index (χ1n) is 10.4. The van der Waals surface area contributed by atoms with Gasteiger partial charge in [-0.2, -0.15) is 0 Å². The highest BCUT2D eigenvalue weighted by molar-refractivity contribution is 5.94. The molecule has 1 aromatic rings. The lowest BCUT2D eigenvalue weighted by Crippen LogP contribution is -2.48. The van der Waals surface area contributed by atoms with Crippen molar-refractivity contribution < 1.29 is 4.79 Å². The summed E-state index contributed by atoms with van der Waals surface area (Å²) in [6.07, 6.45) is 1.00. The van der Waals surface area contributed by atoms with Crippen molar-refractivity contribution in [1.82, 2.24) is 20.4 Å². The molecule has 166 valence electrons. The minimum Gasteiger partial charge on any atom is -0.369 e. The minimum atomic E-state index is 0. The monoisotopic (exact) mass is 445 g/mol. The fourth-order valence-corrected chi connectivity index (χ4v) is 3.86. The first-order chi connectivity index (χ1) is 13.1. The summed E-state index contributed by atoms with van der Waals surface area (Å²) >= 11 is 0. The van der Waals surface area contributed by atoms with Gasteiger partial charge in [-0.25, -0.2) is 0 Å². The molecule has 8 heteroatoms. The molecule has 2 fully saturated rings. The van der Waals surface area contributed by atoms with Gasteiger partial charge in [-0.1, -0.05) is 0 Å². The number of piperazine rings is 2. The van der Waals surface area contributed by atoms with Gasteiger partial charge in [-0.3, -0.25) is 9.69 Å². The van der Waals surface area contributed by atoms with Crippen molar-refractivity contribution in [3.63, 3.8) is 0 Å². The average Bonchev–Trinajstić information content (AvgIpc) is 2.72. The summed E-state index contributed by atoms with van der Waals surface area (Å²) in [6, 6.07) is 8.69. The van der Waals surface area contributed by atoms with Gasteiger partial charge in [0, 0.05) is 76.2 Å². The molecule has 0 unspecified atom stereocenters. The zero-order valence-corrected chi connectivity index (χ0v) is 19.4. The number of carbonyl (C=O) groups excluding carboxylic acids is 1. The summed E-state index contributed by atoms with van der Waals surface area (Å²) in [5.74, 6) is 0.0338. The van der Waals surface area contributed by atoms with Gasteiger partial charge in [0.15, 0.2) is 0 Å². The van der Waals surface area contributed by atoms with Gasteiger partial charge < -0.3 is 20.4 Å². The van der Waals surface area contributed by atoms with Gasteiger partial charge in [-0.15, -0.1) is 24.8 Å². The lowest BCUT2D eigenvalue weighted by atomic mass is 10.1. The van der Waals surface area contributed by atoms with Crippen molar-refractivity contribution in [3.05, 3.63) is 29.8 Å². The van der Waals surface area contributed by atoms with Crippen LogP contribution in [0, 0.1) is 0 Å². The summed E-state index contributed by atoms with van der Waals surface area (Å²) in [7, 11) is 0.